The summed E-state index contributed by atoms with van der Waals surface area (Å²) in [4.78, 5) is 20.2. The minimum atomic E-state index is -3.51. The average Bonchev–Trinajstić information content (AvgIpc) is 3.33. The molecule has 0 N–H and O–H groups in total. The largest absolute Gasteiger partial charge is 0.472 e. The quantitative estimate of drug-likeness (QED) is 0.324. The van der Waals surface area contributed by atoms with Gasteiger partial charge in [0.05, 0.1) is 23.6 Å². The van der Waals surface area contributed by atoms with Gasteiger partial charge < -0.3 is 14.4 Å². The van der Waals surface area contributed by atoms with Crippen molar-refractivity contribution < 1.29 is 22.3 Å². The molecule has 0 radical (unpaired) electrons. The number of benzene rings is 1. The van der Waals surface area contributed by atoms with Gasteiger partial charge in [-0.15, -0.1) is 11.3 Å². The molecule has 1 aromatic carbocycles. The maximum absolute atomic E-state index is 15.0. The van der Waals surface area contributed by atoms with Crippen LogP contribution in [0.1, 0.15) is 18.9 Å². The highest BCUT2D eigenvalue weighted by molar-refractivity contribution is 7.90. The van der Waals surface area contributed by atoms with E-state index >= 15 is 0 Å². The first-order chi connectivity index (χ1) is 18.8. The van der Waals surface area contributed by atoms with Gasteiger partial charge in [-0.3, -0.25) is 0 Å². The normalized spacial score (nSPS) is 21.3. The van der Waals surface area contributed by atoms with Crippen LogP contribution in [0.4, 0.5) is 10.3 Å². The lowest BCUT2D eigenvalue weighted by molar-refractivity contribution is -0.0764. The van der Waals surface area contributed by atoms with E-state index in [0.717, 1.165) is 41.4 Å². The second kappa shape index (κ2) is 10.4. The van der Waals surface area contributed by atoms with Crippen LogP contribution in [0, 0.1) is 17.7 Å². The Labute approximate surface area is 230 Å². The summed E-state index contributed by atoms with van der Waals surface area (Å²) in [5.41, 5.74) is 2.55. The van der Waals surface area contributed by atoms with Gasteiger partial charge in [0.1, 0.15) is 22.9 Å². The molecule has 6 rings (SSSR count). The van der Waals surface area contributed by atoms with E-state index in [4.69, 9.17) is 9.47 Å². The number of fused-ring (bicyclic) bond motifs is 3. The van der Waals surface area contributed by atoms with Crippen molar-refractivity contribution in [3.63, 3.8) is 0 Å². The zero-order chi connectivity index (χ0) is 27.1. The van der Waals surface area contributed by atoms with Crippen LogP contribution in [-0.4, -0.2) is 67.0 Å². The summed E-state index contributed by atoms with van der Waals surface area (Å²) in [6.45, 7) is 4.67. The first-order valence-corrected chi connectivity index (χ1v) is 15.6. The molecule has 0 saturated carbocycles. The van der Waals surface area contributed by atoms with Crippen molar-refractivity contribution in [2.75, 3.05) is 37.5 Å². The Bertz CT molecular complexity index is 1600. The molecule has 2 aliphatic heterocycles. The number of aromatic nitrogens is 4. The minimum Gasteiger partial charge on any atom is -0.472 e. The van der Waals surface area contributed by atoms with Gasteiger partial charge in [0.2, 0.25) is 11.8 Å². The number of hydrogen-bond donors (Lipinski definition) is 0. The van der Waals surface area contributed by atoms with E-state index in [1.807, 2.05) is 12.4 Å². The van der Waals surface area contributed by atoms with Gasteiger partial charge >= 0.3 is 0 Å². The van der Waals surface area contributed by atoms with Gasteiger partial charge in [0, 0.05) is 60.1 Å². The zero-order valence-electron chi connectivity index (χ0n) is 21.6. The molecule has 4 aromatic rings. The number of rotatable bonds is 7. The molecular formula is C27H28FN5O4S2. The van der Waals surface area contributed by atoms with Crippen LogP contribution in [0.15, 0.2) is 47.2 Å². The summed E-state index contributed by atoms with van der Waals surface area (Å²) in [6.07, 6.45) is 8.20. The third-order valence-corrected chi connectivity index (χ3v) is 9.31. The number of halogens is 1. The summed E-state index contributed by atoms with van der Waals surface area (Å²) in [5.74, 6) is 0.757. The van der Waals surface area contributed by atoms with E-state index in [2.05, 4.69) is 31.8 Å². The molecule has 2 unspecified atom stereocenters. The molecule has 204 valence electrons. The maximum atomic E-state index is 15.0. The number of anilines is 1. The number of nitrogens with zero attached hydrogens (tertiary/aromatic N) is 5. The second-order valence-corrected chi connectivity index (χ2v) is 13.0. The molecule has 2 fully saturated rings. The SMILES string of the molecule is CCCc1cnc(N2CC3COCC(C2)C3Oc2ncnc3c(-c4ccc(S(C)(=O)=O)cc4F)csc23)nc1. The first kappa shape index (κ1) is 26.0. The number of hydrogen-bond acceptors (Lipinski definition) is 10. The lowest BCUT2D eigenvalue weighted by Gasteiger charge is -2.46. The van der Waals surface area contributed by atoms with E-state index in [-0.39, 0.29) is 28.4 Å². The van der Waals surface area contributed by atoms with Crippen LogP contribution in [0.25, 0.3) is 21.3 Å². The smallest absolute Gasteiger partial charge is 0.235 e. The number of sulfone groups is 1. The fourth-order valence-corrected chi connectivity index (χ4v) is 6.95. The van der Waals surface area contributed by atoms with E-state index in [1.165, 1.54) is 29.8 Å². The summed E-state index contributed by atoms with van der Waals surface area (Å²) in [5, 5.41) is 1.80. The van der Waals surface area contributed by atoms with E-state index < -0.39 is 15.7 Å². The lowest BCUT2D eigenvalue weighted by atomic mass is 9.84. The maximum Gasteiger partial charge on any atom is 0.235 e. The molecule has 39 heavy (non-hydrogen) atoms. The standard InChI is InChI=1S/C27H28FN5O4S2/c1-3-4-16-8-29-27(30-9-16)33-10-17-12-36-13-18(11-33)24(17)37-26-25-23(31-15-32-26)21(14-38-25)20-6-5-19(7-22(20)28)39(2,34)35/h5-9,14-15,17-18,24H,3-4,10-13H2,1-2H3. The molecule has 2 atom stereocenters. The zero-order valence-corrected chi connectivity index (χ0v) is 23.2. The lowest BCUT2D eigenvalue weighted by Crippen LogP contribution is -2.58. The monoisotopic (exact) mass is 569 g/mol. The predicted molar refractivity (Wildman–Crippen MR) is 146 cm³/mol. The average molecular weight is 570 g/mol. The Kier molecular flexibility index (Phi) is 6.94. The predicted octanol–water partition coefficient (Wildman–Crippen LogP) is 4.17. The van der Waals surface area contributed by atoms with Crippen LogP contribution in [-0.2, 0) is 21.0 Å². The summed E-state index contributed by atoms with van der Waals surface area (Å²) < 4.78 is 51.8. The molecule has 2 saturated heterocycles. The molecular weight excluding hydrogens is 541 g/mol. The van der Waals surface area contributed by atoms with Crippen molar-refractivity contribution in [1.29, 1.82) is 0 Å². The Balaban J connectivity index is 1.25. The van der Waals surface area contributed by atoms with Gasteiger partial charge in [0.15, 0.2) is 9.84 Å². The summed E-state index contributed by atoms with van der Waals surface area (Å²) in [7, 11) is -3.51. The van der Waals surface area contributed by atoms with Crippen LogP contribution >= 0.6 is 11.3 Å². The van der Waals surface area contributed by atoms with Crippen molar-refractivity contribution in [2.24, 2.45) is 11.8 Å². The number of ether oxygens (including phenoxy) is 2. The molecule has 0 aliphatic carbocycles. The highest BCUT2D eigenvalue weighted by Crippen LogP contribution is 2.40. The molecule has 9 nitrogen and oxygen atoms in total. The molecule has 2 bridgehead atoms. The van der Waals surface area contributed by atoms with Gasteiger partial charge in [-0.2, -0.15) is 0 Å². The Morgan fingerprint density at radius 2 is 1.85 bits per heavy atom. The van der Waals surface area contributed by atoms with E-state index in [1.54, 1.807) is 5.38 Å². The third-order valence-electron chi connectivity index (χ3n) is 7.24. The Morgan fingerprint density at radius 3 is 2.51 bits per heavy atom. The van der Waals surface area contributed by atoms with Gasteiger partial charge in [-0.25, -0.2) is 32.7 Å². The summed E-state index contributed by atoms with van der Waals surface area (Å²) >= 11 is 1.38. The summed E-state index contributed by atoms with van der Waals surface area (Å²) in [6, 6.07) is 3.93. The molecule has 3 aromatic heterocycles. The number of piperidine rings is 1. The minimum absolute atomic E-state index is 0.0654. The van der Waals surface area contributed by atoms with Crippen molar-refractivity contribution in [3.05, 3.63) is 53.7 Å². The highest BCUT2D eigenvalue weighted by atomic mass is 32.2. The fraction of sp³-hybridized carbons (Fsp3) is 0.407. The molecule has 2 aliphatic rings. The molecule has 5 heterocycles. The van der Waals surface area contributed by atoms with Crippen molar-refractivity contribution in [2.45, 2.75) is 30.8 Å². The third kappa shape index (κ3) is 5.08. The molecule has 12 heteroatoms. The van der Waals surface area contributed by atoms with E-state index in [9.17, 15) is 12.8 Å². The van der Waals surface area contributed by atoms with Crippen molar-refractivity contribution in [3.8, 4) is 17.0 Å². The second-order valence-electron chi connectivity index (χ2n) is 10.1. The Hall–Kier alpha value is -3.22. The van der Waals surface area contributed by atoms with Crippen LogP contribution in [0.3, 0.4) is 0 Å². The van der Waals surface area contributed by atoms with Gasteiger partial charge in [-0.05, 0) is 24.1 Å². The highest BCUT2D eigenvalue weighted by Gasteiger charge is 2.43. The van der Waals surface area contributed by atoms with Gasteiger partial charge in [-0.1, -0.05) is 19.4 Å². The van der Waals surface area contributed by atoms with Crippen molar-refractivity contribution >= 4 is 37.3 Å². The topological polar surface area (TPSA) is 107 Å². The fourth-order valence-electron chi connectivity index (χ4n) is 5.36. The van der Waals surface area contributed by atoms with Crippen molar-refractivity contribution in [1.82, 2.24) is 19.9 Å². The Morgan fingerprint density at radius 1 is 1.10 bits per heavy atom. The number of thiophene rings is 1. The van der Waals surface area contributed by atoms with Crippen LogP contribution in [0.5, 0.6) is 5.88 Å². The molecule has 0 spiro atoms. The van der Waals surface area contributed by atoms with Crippen LogP contribution < -0.4 is 9.64 Å². The van der Waals surface area contributed by atoms with Gasteiger partial charge in [0.25, 0.3) is 0 Å². The molecule has 0 amide bonds. The van der Waals surface area contributed by atoms with E-state index in [0.29, 0.717) is 43.3 Å². The van der Waals surface area contributed by atoms with Crippen LogP contribution in [0.2, 0.25) is 0 Å². The number of aryl methyl sites for hydroxylation is 1. The first-order valence-electron chi connectivity index (χ1n) is 12.8.